The molecule has 4 rings (SSSR count). The maximum Gasteiger partial charge on any atom is 0.407 e. The number of carboxylic acid groups (broad SMARTS) is 1. The maximum atomic E-state index is 12.7. The minimum atomic E-state index is -0.904. The standard InChI is InChI=1S/C25H28N2O5/c1-16(24(30)27-12-6-7-17(27)13-23(28)29)14-26-25(31)32-15-22-20-10-4-2-8-18(20)19-9-3-5-11-21(19)22/h2-5,8-11,16-17,22H,6-7,12-15H2,1H3,(H,26,31)(H,28,29)/t16?,17-/m0/s1. The number of ether oxygens (including phenoxy) is 1. The van der Waals surface area contributed by atoms with Crippen LogP contribution >= 0.6 is 0 Å². The first-order valence-electron chi connectivity index (χ1n) is 11.1. The first-order chi connectivity index (χ1) is 15.5. The molecule has 2 atom stereocenters. The van der Waals surface area contributed by atoms with Crippen LogP contribution in [-0.2, 0) is 14.3 Å². The van der Waals surface area contributed by atoms with E-state index < -0.39 is 18.0 Å². The van der Waals surface area contributed by atoms with Crippen molar-refractivity contribution >= 4 is 18.0 Å². The van der Waals surface area contributed by atoms with Crippen LogP contribution in [0.2, 0.25) is 0 Å². The maximum absolute atomic E-state index is 12.7. The van der Waals surface area contributed by atoms with Crippen LogP contribution in [0.4, 0.5) is 4.79 Å². The molecule has 0 bridgehead atoms. The molecule has 1 aliphatic heterocycles. The largest absolute Gasteiger partial charge is 0.481 e. The van der Waals surface area contributed by atoms with Crippen LogP contribution < -0.4 is 5.32 Å². The molecule has 2 aromatic carbocycles. The summed E-state index contributed by atoms with van der Waals surface area (Å²) in [5.74, 6) is -1.51. The average Bonchev–Trinajstić information content (AvgIpc) is 3.37. The lowest BCUT2D eigenvalue weighted by Crippen LogP contribution is -2.43. The number of carbonyl (C=O) groups is 3. The van der Waals surface area contributed by atoms with E-state index in [0.29, 0.717) is 13.0 Å². The van der Waals surface area contributed by atoms with Gasteiger partial charge in [0, 0.05) is 25.0 Å². The van der Waals surface area contributed by atoms with Crippen LogP contribution in [0.1, 0.15) is 43.2 Å². The fourth-order valence-electron chi connectivity index (χ4n) is 4.80. The van der Waals surface area contributed by atoms with E-state index in [9.17, 15) is 14.4 Å². The number of aliphatic carboxylic acids is 1. The number of carboxylic acids is 1. The Morgan fingerprint density at radius 3 is 2.34 bits per heavy atom. The Balaban J connectivity index is 1.30. The van der Waals surface area contributed by atoms with Crippen molar-refractivity contribution in [3.05, 3.63) is 59.7 Å². The number of alkyl carbamates (subject to hydrolysis) is 1. The van der Waals surface area contributed by atoms with E-state index in [1.165, 1.54) is 0 Å². The van der Waals surface area contributed by atoms with Crippen LogP contribution in [0.25, 0.3) is 11.1 Å². The summed E-state index contributed by atoms with van der Waals surface area (Å²) in [6, 6.07) is 16.0. The smallest absolute Gasteiger partial charge is 0.407 e. The normalized spacial score (nSPS) is 18.0. The number of amides is 2. The molecule has 32 heavy (non-hydrogen) atoms. The van der Waals surface area contributed by atoms with Gasteiger partial charge in [0.2, 0.25) is 5.91 Å². The molecule has 1 fully saturated rings. The Bertz CT molecular complexity index is 975. The second-order valence-electron chi connectivity index (χ2n) is 8.53. The minimum absolute atomic E-state index is 0.0198. The first kappa shape index (κ1) is 21.9. The Labute approximate surface area is 187 Å². The Morgan fingerprint density at radius 2 is 1.72 bits per heavy atom. The van der Waals surface area contributed by atoms with Crippen molar-refractivity contribution in [3.8, 4) is 11.1 Å². The van der Waals surface area contributed by atoms with E-state index >= 15 is 0 Å². The molecule has 0 aromatic heterocycles. The molecule has 2 amide bonds. The number of rotatable bonds is 7. The van der Waals surface area contributed by atoms with E-state index in [2.05, 4.69) is 29.6 Å². The van der Waals surface area contributed by atoms with Crippen molar-refractivity contribution in [2.24, 2.45) is 5.92 Å². The topological polar surface area (TPSA) is 95.9 Å². The summed E-state index contributed by atoms with van der Waals surface area (Å²) < 4.78 is 5.52. The highest BCUT2D eigenvalue weighted by molar-refractivity contribution is 5.81. The predicted molar refractivity (Wildman–Crippen MR) is 119 cm³/mol. The minimum Gasteiger partial charge on any atom is -0.481 e. The van der Waals surface area contributed by atoms with Crippen LogP contribution in [0.3, 0.4) is 0 Å². The van der Waals surface area contributed by atoms with E-state index in [-0.39, 0.29) is 37.4 Å². The number of hydrogen-bond acceptors (Lipinski definition) is 4. The SMILES string of the molecule is CC(CNC(=O)OCC1c2ccccc2-c2ccccc21)C(=O)N1CCC[C@H]1CC(=O)O. The molecular weight excluding hydrogens is 408 g/mol. The number of fused-ring (bicyclic) bond motifs is 3. The fourth-order valence-corrected chi connectivity index (χ4v) is 4.80. The van der Waals surface area contributed by atoms with Gasteiger partial charge in [-0.05, 0) is 35.1 Å². The van der Waals surface area contributed by atoms with Gasteiger partial charge in [-0.25, -0.2) is 4.79 Å². The molecule has 0 spiro atoms. The molecular formula is C25H28N2O5. The van der Waals surface area contributed by atoms with Crippen molar-refractivity contribution in [1.29, 1.82) is 0 Å². The third kappa shape index (κ3) is 4.47. The van der Waals surface area contributed by atoms with E-state index in [1.54, 1.807) is 11.8 Å². The number of nitrogens with one attached hydrogen (secondary N) is 1. The van der Waals surface area contributed by atoms with Gasteiger partial charge in [-0.2, -0.15) is 0 Å². The molecule has 2 N–H and O–H groups in total. The summed E-state index contributed by atoms with van der Waals surface area (Å²) in [4.78, 5) is 37.7. The number of hydrogen-bond donors (Lipinski definition) is 2. The van der Waals surface area contributed by atoms with Crippen molar-refractivity contribution in [2.75, 3.05) is 19.7 Å². The van der Waals surface area contributed by atoms with Crippen LogP contribution in [0.15, 0.2) is 48.5 Å². The Kier molecular flexibility index (Phi) is 6.44. The molecule has 1 heterocycles. The quantitative estimate of drug-likeness (QED) is 0.691. The average molecular weight is 437 g/mol. The summed E-state index contributed by atoms with van der Waals surface area (Å²) >= 11 is 0. The molecule has 2 aromatic rings. The predicted octanol–water partition coefficient (Wildman–Crippen LogP) is 3.63. The van der Waals surface area contributed by atoms with Gasteiger partial charge in [0.25, 0.3) is 0 Å². The second kappa shape index (κ2) is 9.42. The number of benzene rings is 2. The zero-order chi connectivity index (χ0) is 22.7. The summed E-state index contributed by atoms with van der Waals surface area (Å²) in [7, 11) is 0. The van der Waals surface area contributed by atoms with Gasteiger partial charge in [-0.1, -0.05) is 55.5 Å². The van der Waals surface area contributed by atoms with Crippen molar-refractivity contribution in [1.82, 2.24) is 10.2 Å². The van der Waals surface area contributed by atoms with Crippen LogP contribution in [-0.4, -0.2) is 53.7 Å². The third-order valence-electron chi connectivity index (χ3n) is 6.39. The van der Waals surface area contributed by atoms with Crippen LogP contribution in [0.5, 0.6) is 0 Å². The zero-order valence-corrected chi connectivity index (χ0v) is 18.1. The summed E-state index contributed by atoms with van der Waals surface area (Å²) in [5.41, 5.74) is 4.61. The molecule has 1 unspecified atom stereocenters. The summed E-state index contributed by atoms with van der Waals surface area (Å²) in [6.07, 6.45) is 0.897. The van der Waals surface area contributed by atoms with E-state index in [0.717, 1.165) is 28.7 Å². The van der Waals surface area contributed by atoms with Crippen molar-refractivity contribution in [3.63, 3.8) is 0 Å². The number of nitrogens with zero attached hydrogens (tertiary/aromatic N) is 1. The number of likely N-dealkylation sites (tertiary alicyclic amines) is 1. The third-order valence-corrected chi connectivity index (χ3v) is 6.39. The Hall–Kier alpha value is -3.35. The zero-order valence-electron chi connectivity index (χ0n) is 18.1. The van der Waals surface area contributed by atoms with E-state index in [4.69, 9.17) is 9.84 Å². The lowest BCUT2D eigenvalue weighted by molar-refractivity contribution is -0.141. The second-order valence-corrected chi connectivity index (χ2v) is 8.53. The van der Waals surface area contributed by atoms with Gasteiger partial charge in [-0.15, -0.1) is 0 Å². The highest BCUT2D eigenvalue weighted by atomic mass is 16.5. The molecule has 1 aliphatic carbocycles. The molecule has 168 valence electrons. The highest BCUT2D eigenvalue weighted by Crippen LogP contribution is 2.44. The lowest BCUT2D eigenvalue weighted by Gasteiger charge is -2.26. The lowest BCUT2D eigenvalue weighted by atomic mass is 9.98. The van der Waals surface area contributed by atoms with Crippen molar-refractivity contribution < 1.29 is 24.2 Å². The van der Waals surface area contributed by atoms with Gasteiger partial charge in [0.1, 0.15) is 6.61 Å². The summed E-state index contributed by atoms with van der Waals surface area (Å²) in [6.45, 7) is 2.66. The van der Waals surface area contributed by atoms with Gasteiger partial charge < -0.3 is 20.1 Å². The van der Waals surface area contributed by atoms with Crippen molar-refractivity contribution in [2.45, 2.75) is 38.1 Å². The monoisotopic (exact) mass is 436 g/mol. The molecule has 0 saturated carbocycles. The van der Waals surface area contributed by atoms with Gasteiger partial charge >= 0.3 is 12.1 Å². The van der Waals surface area contributed by atoms with Crippen LogP contribution in [0, 0.1) is 5.92 Å². The molecule has 1 saturated heterocycles. The summed E-state index contributed by atoms with van der Waals surface area (Å²) in [5, 5.41) is 11.7. The molecule has 0 radical (unpaired) electrons. The fraction of sp³-hybridized carbons (Fsp3) is 0.400. The van der Waals surface area contributed by atoms with Gasteiger partial charge in [0.15, 0.2) is 0 Å². The number of carbonyl (C=O) groups excluding carboxylic acids is 2. The van der Waals surface area contributed by atoms with E-state index in [1.807, 2.05) is 24.3 Å². The highest BCUT2D eigenvalue weighted by Gasteiger charge is 2.33. The first-order valence-corrected chi connectivity index (χ1v) is 11.1. The Morgan fingerprint density at radius 1 is 1.09 bits per heavy atom. The molecule has 2 aliphatic rings. The van der Waals surface area contributed by atoms with Gasteiger partial charge in [-0.3, -0.25) is 9.59 Å². The molecule has 7 heteroatoms. The molecule has 7 nitrogen and oxygen atoms in total. The van der Waals surface area contributed by atoms with Gasteiger partial charge in [0.05, 0.1) is 12.3 Å².